The standard InChI is InChI=1S/C16H16F2N6O/c17-15(18)13-7-14(25)24(10-20-13)9-11-2-5-23(6-3-11)16-12(8-19)1-4-21-22-16/h1,4,7,10-11,15H,2-3,5-6,9H2. The molecule has 25 heavy (non-hydrogen) atoms. The second-order valence-electron chi connectivity index (χ2n) is 5.92. The van der Waals surface area contributed by atoms with E-state index >= 15 is 0 Å². The van der Waals surface area contributed by atoms with E-state index in [2.05, 4.69) is 21.3 Å². The third-order valence-electron chi connectivity index (χ3n) is 4.31. The first-order valence-corrected chi connectivity index (χ1v) is 7.89. The first-order valence-electron chi connectivity index (χ1n) is 7.89. The van der Waals surface area contributed by atoms with Crippen LogP contribution in [0.3, 0.4) is 0 Å². The lowest BCUT2D eigenvalue weighted by Gasteiger charge is -2.32. The van der Waals surface area contributed by atoms with Crippen molar-refractivity contribution < 1.29 is 8.78 Å². The number of hydrogen-bond acceptors (Lipinski definition) is 6. The van der Waals surface area contributed by atoms with Crippen molar-refractivity contribution >= 4 is 5.82 Å². The Hall–Kier alpha value is -2.89. The van der Waals surface area contributed by atoms with E-state index in [1.807, 2.05) is 4.90 Å². The van der Waals surface area contributed by atoms with Gasteiger partial charge in [-0.25, -0.2) is 13.8 Å². The van der Waals surface area contributed by atoms with Gasteiger partial charge in [-0.15, -0.1) is 5.10 Å². The summed E-state index contributed by atoms with van der Waals surface area (Å²) in [4.78, 5) is 17.6. The monoisotopic (exact) mass is 346 g/mol. The normalized spacial score (nSPS) is 15.4. The molecule has 130 valence electrons. The number of rotatable bonds is 4. The number of hydrogen-bond donors (Lipinski definition) is 0. The highest BCUT2D eigenvalue weighted by Gasteiger charge is 2.23. The fourth-order valence-electron chi connectivity index (χ4n) is 2.95. The van der Waals surface area contributed by atoms with Crippen molar-refractivity contribution in [1.29, 1.82) is 5.26 Å². The van der Waals surface area contributed by atoms with Gasteiger partial charge in [-0.3, -0.25) is 9.36 Å². The molecule has 3 heterocycles. The average molecular weight is 346 g/mol. The van der Waals surface area contributed by atoms with Gasteiger partial charge in [0.1, 0.15) is 11.8 Å². The Bertz CT molecular complexity index is 839. The Morgan fingerprint density at radius 1 is 1.36 bits per heavy atom. The van der Waals surface area contributed by atoms with Gasteiger partial charge < -0.3 is 4.90 Å². The van der Waals surface area contributed by atoms with Crippen molar-refractivity contribution in [2.75, 3.05) is 18.0 Å². The number of piperidine rings is 1. The molecule has 0 radical (unpaired) electrons. The summed E-state index contributed by atoms with van der Waals surface area (Å²) in [6.07, 6.45) is 1.52. The van der Waals surface area contributed by atoms with E-state index < -0.39 is 17.7 Å². The molecule has 1 saturated heterocycles. The van der Waals surface area contributed by atoms with Crippen molar-refractivity contribution in [1.82, 2.24) is 19.7 Å². The summed E-state index contributed by atoms with van der Waals surface area (Å²) in [6, 6.07) is 4.62. The zero-order valence-corrected chi connectivity index (χ0v) is 13.3. The van der Waals surface area contributed by atoms with Gasteiger partial charge in [0, 0.05) is 25.7 Å². The summed E-state index contributed by atoms with van der Waals surface area (Å²) in [5, 5.41) is 17.0. The smallest absolute Gasteiger partial charge is 0.280 e. The Kier molecular flexibility index (Phi) is 4.97. The molecule has 0 amide bonds. The molecule has 0 aromatic carbocycles. The van der Waals surface area contributed by atoms with Crippen LogP contribution in [0.1, 0.15) is 30.5 Å². The highest BCUT2D eigenvalue weighted by molar-refractivity contribution is 5.52. The van der Waals surface area contributed by atoms with E-state index in [4.69, 9.17) is 5.26 Å². The van der Waals surface area contributed by atoms with Crippen molar-refractivity contribution in [3.8, 4) is 6.07 Å². The maximum absolute atomic E-state index is 12.6. The largest absolute Gasteiger partial charge is 0.354 e. The van der Waals surface area contributed by atoms with Crippen LogP contribution < -0.4 is 10.5 Å². The Balaban J connectivity index is 1.63. The molecule has 7 nitrogen and oxygen atoms in total. The average Bonchev–Trinajstić information content (AvgIpc) is 2.64. The van der Waals surface area contributed by atoms with Gasteiger partial charge in [-0.05, 0) is 24.8 Å². The summed E-state index contributed by atoms with van der Waals surface area (Å²) >= 11 is 0. The maximum Gasteiger partial charge on any atom is 0.280 e. The van der Waals surface area contributed by atoms with Gasteiger partial charge >= 0.3 is 0 Å². The molecule has 0 atom stereocenters. The lowest BCUT2D eigenvalue weighted by molar-refractivity contribution is 0.145. The lowest BCUT2D eigenvalue weighted by atomic mass is 9.96. The minimum absolute atomic E-state index is 0.232. The summed E-state index contributed by atoms with van der Waals surface area (Å²) in [7, 11) is 0. The summed E-state index contributed by atoms with van der Waals surface area (Å²) in [6.45, 7) is 1.82. The Labute approximate surface area is 142 Å². The fourth-order valence-corrected chi connectivity index (χ4v) is 2.95. The summed E-state index contributed by atoms with van der Waals surface area (Å²) < 4.78 is 26.5. The molecule has 0 saturated carbocycles. The van der Waals surface area contributed by atoms with E-state index in [1.54, 1.807) is 6.07 Å². The molecule has 0 aliphatic carbocycles. The molecule has 9 heteroatoms. The van der Waals surface area contributed by atoms with Gasteiger partial charge in [-0.1, -0.05) is 0 Å². The van der Waals surface area contributed by atoms with E-state index in [0.29, 0.717) is 31.0 Å². The third-order valence-corrected chi connectivity index (χ3v) is 4.31. The molecule has 0 spiro atoms. The number of nitriles is 1. The number of aromatic nitrogens is 4. The van der Waals surface area contributed by atoms with Gasteiger partial charge in [0.05, 0.1) is 18.1 Å². The first kappa shape index (κ1) is 17.0. The molecular weight excluding hydrogens is 330 g/mol. The molecule has 2 aromatic heterocycles. The number of alkyl halides is 2. The highest BCUT2D eigenvalue weighted by atomic mass is 19.3. The van der Waals surface area contributed by atoms with Crippen LogP contribution in [0, 0.1) is 17.2 Å². The second-order valence-corrected chi connectivity index (χ2v) is 5.92. The van der Waals surface area contributed by atoms with Crippen LogP contribution in [0.15, 0.2) is 29.5 Å². The van der Waals surface area contributed by atoms with Crippen LogP contribution in [0.4, 0.5) is 14.6 Å². The highest BCUT2D eigenvalue weighted by Crippen LogP contribution is 2.24. The predicted octanol–water partition coefficient (Wildman–Crippen LogP) is 1.76. The second kappa shape index (κ2) is 7.34. The quantitative estimate of drug-likeness (QED) is 0.838. The zero-order valence-electron chi connectivity index (χ0n) is 13.3. The third kappa shape index (κ3) is 3.79. The number of halogens is 2. The van der Waals surface area contributed by atoms with Gasteiger partial charge in [0.2, 0.25) is 0 Å². The summed E-state index contributed by atoms with van der Waals surface area (Å²) in [5.41, 5.74) is -0.479. The minimum atomic E-state index is -2.74. The van der Waals surface area contributed by atoms with Gasteiger partial charge in [0.25, 0.3) is 12.0 Å². The van der Waals surface area contributed by atoms with E-state index in [1.165, 1.54) is 17.1 Å². The lowest BCUT2D eigenvalue weighted by Crippen LogP contribution is -2.37. The molecule has 0 bridgehead atoms. The number of nitrogens with zero attached hydrogens (tertiary/aromatic N) is 6. The Morgan fingerprint density at radius 2 is 2.12 bits per heavy atom. The van der Waals surface area contributed by atoms with Crippen molar-refractivity contribution in [2.24, 2.45) is 5.92 Å². The van der Waals surface area contributed by atoms with E-state index in [-0.39, 0.29) is 5.92 Å². The predicted molar refractivity (Wildman–Crippen MR) is 85.1 cm³/mol. The van der Waals surface area contributed by atoms with Crippen LogP contribution in [-0.4, -0.2) is 32.8 Å². The number of anilines is 1. The van der Waals surface area contributed by atoms with Gasteiger partial charge in [0.15, 0.2) is 5.82 Å². The van der Waals surface area contributed by atoms with Crippen LogP contribution in [0.2, 0.25) is 0 Å². The molecule has 1 aliphatic rings. The molecule has 1 aliphatic heterocycles. The van der Waals surface area contributed by atoms with Crippen LogP contribution >= 0.6 is 0 Å². The molecule has 0 N–H and O–H groups in total. The van der Waals surface area contributed by atoms with Crippen molar-refractivity contribution in [3.05, 3.63) is 46.3 Å². The summed E-state index contributed by atoms with van der Waals surface area (Å²) in [5.74, 6) is 0.805. The van der Waals surface area contributed by atoms with Crippen molar-refractivity contribution in [3.63, 3.8) is 0 Å². The fraction of sp³-hybridized carbons (Fsp3) is 0.438. The molecule has 3 rings (SSSR count). The Morgan fingerprint density at radius 3 is 2.76 bits per heavy atom. The topological polar surface area (TPSA) is 87.7 Å². The molecule has 2 aromatic rings. The van der Waals surface area contributed by atoms with Crippen molar-refractivity contribution in [2.45, 2.75) is 25.8 Å². The first-order chi connectivity index (χ1) is 12.1. The van der Waals surface area contributed by atoms with Crippen LogP contribution in [-0.2, 0) is 6.54 Å². The maximum atomic E-state index is 12.6. The molecule has 1 fully saturated rings. The molecular formula is C16H16F2N6O. The minimum Gasteiger partial charge on any atom is -0.354 e. The van der Waals surface area contributed by atoms with E-state index in [9.17, 15) is 13.6 Å². The van der Waals surface area contributed by atoms with Crippen LogP contribution in [0.25, 0.3) is 0 Å². The van der Waals surface area contributed by atoms with Gasteiger partial charge in [-0.2, -0.15) is 10.4 Å². The van der Waals surface area contributed by atoms with Crippen LogP contribution in [0.5, 0.6) is 0 Å². The SMILES string of the molecule is N#Cc1ccnnc1N1CCC(Cn2cnc(C(F)F)cc2=O)CC1. The zero-order chi connectivity index (χ0) is 17.8. The van der Waals surface area contributed by atoms with E-state index in [0.717, 1.165) is 18.9 Å². The molecule has 0 unspecified atom stereocenters.